The molecular formula is C23H22N2O5S. The van der Waals surface area contributed by atoms with Crippen molar-refractivity contribution < 1.29 is 23.1 Å². The average molecular weight is 439 g/mol. The van der Waals surface area contributed by atoms with E-state index in [4.69, 9.17) is 5.11 Å². The van der Waals surface area contributed by atoms with Gasteiger partial charge < -0.3 is 15.7 Å². The molecule has 2 amide bonds. The molecule has 7 nitrogen and oxygen atoms in total. The predicted molar refractivity (Wildman–Crippen MR) is 119 cm³/mol. The Balaban J connectivity index is 1.78. The molecule has 0 aliphatic carbocycles. The lowest BCUT2D eigenvalue weighted by atomic mass is 10.0. The Morgan fingerprint density at radius 1 is 0.903 bits per heavy atom. The van der Waals surface area contributed by atoms with Crippen molar-refractivity contribution in [2.24, 2.45) is 0 Å². The van der Waals surface area contributed by atoms with E-state index in [1.807, 2.05) is 30.3 Å². The van der Waals surface area contributed by atoms with Crippen LogP contribution in [0.15, 0.2) is 83.8 Å². The number of carbonyl (C=O) groups excluding carboxylic acids is 1. The highest BCUT2D eigenvalue weighted by Gasteiger charge is 2.21. The van der Waals surface area contributed by atoms with E-state index in [2.05, 4.69) is 10.6 Å². The lowest BCUT2D eigenvalue weighted by molar-refractivity contribution is -0.118. The summed E-state index contributed by atoms with van der Waals surface area (Å²) >= 11 is 0. The van der Waals surface area contributed by atoms with Gasteiger partial charge in [0.2, 0.25) is 5.91 Å². The van der Waals surface area contributed by atoms with Gasteiger partial charge in [-0.1, -0.05) is 60.7 Å². The third kappa shape index (κ3) is 5.93. The number of carboxylic acid groups (broad SMARTS) is 1. The summed E-state index contributed by atoms with van der Waals surface area (Å²) in [5.74, 6) is -0.490. The quantitative estimate of drug-likeness (QED) is 0.522. The fourth-order valence-electron chi connectivity index (χ4n) is 3.20. The molecule has 8 heteroatoms. The van der Waals surface area contributed by atoms with Crippen molar-refractivity contribution in [1.82, 2.24) is 5.32 Å². The molecule has 0 bridgehead atoms. The van der Waals surface area contributed by atoms with Crippen molar-refractivity contribution in [2.75, 3.05) is 11.6 Å². The van der Waals surface area contributed by atoms with E-state index in [1.54, 1.807) is 48.5 Å². The van der Waals surface area contributed by atoms with Gasteiger partial charge in [-0.05, 0) is 29.3 Å². The zero-order chi connectivity index (χ0) is 22.4. The van der Waals surface area contributed by atoms with Gasteiger partial charge in [-0.15, -0.1) is 0 Å². The van der Waals surface area contributed by atoms with Crippen molar-refractivity contribution in [3.63, 3.8) is 0 Å². The SMILES string of the molecule is CS(=O)(=O)c1ccccc1-c1ccc(NC(=O)[C@@H](Cc2ccccc2)NC(=O)O)cc1. The first-order chi connectivity index (χ1) is 14.7. The van der Waals surface area contributed by atoms with Crippen LogP contribution in [0.25, 0.3) is 11.1 Å². The zero-order valence-corrected chi connectivity index (χ0v) is 17.6. The number of carbonyl (C=O) groups is 2. The van der Waals surface area contributed by atoms with Crippen LogP contribution in [0.4, 0.5) is 10.5 Å². The monoisotopic (exact) mass is 438 g/mol. The molecule has 0 spiro atoms. The third-order valence-corrected chi connectivity index (χ3v) is 5.80. The predicted octanol–water partition coefficient (Wildman–Crippen LogP) is 3.57. The number of hydrogen-bond acceptors (Lipinski definition) is 4. The maximum Gasteiger partial charge on any atom is 0.405 e. The number of sulfone groups is 1. The van der Waals surface area contributed by atoms with Gasteiger partial charge in [0.25, 0.3) is 0 Å². The highest BCUT2D eigenvalue weighted by atomic mass is 32.2. The molecule has 0 heterocycles. The maximum atomic E-state index is 12.7. The molecule has 0 fully saturated rings. The maximum absolute atomic E-state index is 12.7. The first-order valence-corrected chi connectivity index (χ1v) is 11.4. The van der Waals surface area contributed by atoms with E-state index < -0.39 is 27.9 Å². The first kappa shape index (κ1) is 22.0. The number of nitrogens with one attached hydrogen (secondary N) is 2. The van der Waals surface area contributed by atoms with Crippen LogP contribution in [0.1, 0.15) is 5.56 Å². The molecule has 0 aliphatic heterocycles. The molecule has 0 saturated heterocycles. The van der Waals surface area contributed by atoms with E-state index in [9.17, 15) is 18.0 Å². The summed E-state index contributed by atoms with van der Waals surface area (Å²) in [6, 6.07) is 21.5. The number of hydrogen-bond donors (Lipinski definition) is 3. The van der Waals surface area contributed by atoms with Gasteiger partial charge in [-0.25, -0.2) is 13.2 Å². The first-order valence-electron chi connectivity index (χ1n) is 9.48. The summed E-state index contributed by atoms with van der Waals surface area (Å²) in [6.07, 6.45) is 0.0745. The Kier molecular flexibility index (Phi) is 6.71. The lowest BCUT2D eigenvalue weighted by Crippen LogP contribution is -2.44. The van der Waals surface area contributed by atoms with Gasteiger partial charge in [-0.2, -0.15) is 0 Å². The minimum atomic E-state index is -3.40. The topological polar surface area (TPSA) is 113 Å². The Labute approximate surface area is 180 Å². The molecule has 0 unspecified atom stereocenters. The summed E-state index contributed by atoms with van der Waals surface area (Å²) in [7, 11) is -3.40. The smallest absolute Gasteiger partial charge is 0.405 e. The van der Waals surface area contributed by atoms with Gasteiger partial charge in [0.15, 0.2) is 9.84 Å². The van der Waals surface area contributed by atoms with E-state index >= 15 is 0 Å². The second kappa shape index (κ2) is 9.44. The Morgan fingerprint density at radius 2 is 1.52 bits per heavy atom. The normalized spacial score (nSPS) is 12.0. The molecule has 3 N–H and O–H groups in total. The fraction of sp³-hybridized carbons (Fsp3) is 0.130. The van der Waals surface area contributed by atoms with Crippen LogP contribution in [-0.4, -0.2) is 37.8 Å². The Hall–Kier alpha value is -3.65. The molecule has 1 atom stereocenters. The number of rotatable bonds is 7. The van der Waals surface area contributed by atoms with Crippen LogP contribution < -0.4 is 10.6 Å². The molecule has 0 radical (unpaired) electrons. The van der Waals surface area contributed by atoms with Crippen LogP contribution in [0, 0.1) is 0 Å². The fourth-order valence-corrected chi connectivity index (χ4v) is 4.11. The highest BCUT2D eigenvalue weighted by molar-refractivity contribution is 7.90. The van der Waals surface area contributed by atoms with Crippen molar-refractivity contribution >= 4 is 27.5 Å². The zero-order valence-electron chi connectivity index (χ0n) is 16.8. The average Bonchev–Trinajstić information content (AvgIpc) is 2.73. The van der Waals surface area contributed by atoms with Crippen LogP contribution in [0.2, 0.25) is 0 Å². The lowest BCUT2D eigenvalue weighted by Gasteiger charge is -2.17. The van der Waals surface area contributed by atoms with Crippen LogP contribution in [0.3, 0.4) is 0 Å². The molecule has 0 saturated carbocycles. The molecule has 3 rings (SSSR count). The number of benzene rings is 3. The van der Waals surface area contributed by atoms with Crippen LogP contribution in [0.5, 0.6) is 0 Å². The summed E-state index contributed by atoms with van der Waals surface area (Å²) in [4.78, 5) is 24.0. The molecule has 0 aromatic heterocycles. The summed E-state index contributed by atoms with van der Waals surface area (Å²) in [5.41, 5.74) is 2.54. The highest BCUT2D eigenvalue weighted by Crippen LogP contribution is 2.28. The van der Waals surface area contributed by atoms with Crippen LogP contribution >= 0.6 is 0 Å². The van der Waals surface area contributed by atoms with E-state index in [-0.39, 0.29) is 11.3 Å². The molecule has 3 aromatic rings. The molecular weight excluding hydrogens is 416 g/mol. The van der Waals surface area contributed by atoms with Gasteiger partial charge in [0, 0.05) is 23.9 Å². The van der Waals surface area contributed by atoms with E-state index in [1.165, 1.54) is 0 Å². The summed E-state index contributed by atoms with van der Waals surface area (Å²) in [5, 5.41) is 14.0. The third-order valence-electron chi connectivity index (χ3n) is 4.65. The van der Waals surface area contributed by atoms with E-state index in [0.29, 0.717) is 16.8 Å². The Bertz CT molecular complexity index is 1180. The van der Waals surface area contributed by atoms with Crippen molar-refractivity contribution in [3.05, 3.63) is 84.4 Å². The molecule has 160 valence electrons. The summed E-state index contributed by atoms with van der Waals surface area (Å²) in [6.45, 7) is 0. The van der Waals surface area contributed by atoms with Crippen molar-refractivity contribution in [2.45, 2.75) is 17.4 Å². The van der Waals surface area contributed by atoms with Gasteiger partial charge >= 0.3 is 6.09 Å². The number of amides is 2. The van der Waals surface area contributed by atoms with Gasteiger partial charge in [0.1, 0.15) is 6.04 Å². The van der Waals surface area contributed by atoms with Crippen molar-refractivity contribution in [3.8, 4) is 11.1 Å². The van der Waals surface area contributed by atoms with Crippen LogP contribution in [-0.2, 0) is 21.1 Å². The van der Waals surface area contributed by atoms with Gasteiger partial charge in [-0.3, -0.25) is 4.79 Å². The number of anilines is 1. The standard InChI is InChI=1S/C23H22N2O5S/c1-31(29,30)21-10-6-5-9-19(21)17-11-13-18(14-12-17)24-22(26)20(25-23(27)28)15-16-7-3-2-4-8-16/h2-14,20,25H,15H2,1H3,(H,24,26)(H,27,28)/t20-/m1/s1. The minimum Gasteiger partial charge on any atom is -0.465 e. The largest absolute Gasteiger partial charge is 0.465 e. The second-order valence-electron chi connectivity index (χ2n) is 7.03. The summed E-state index contributed by atoms with van der Waals surface area (Å²) < 4.78 is 24.1. The minimum absolute atomic E-state index is 0.207. The molecule has 0 aliphatic rings. The van der Waals surface area contributed by atoms with Gasteiger partial charge in [0.05, 0.1) is 4.90 Å². The van der Waals surface area contributed by atoms with Crippen molar-refractivity contribution in [1.29, 1.82) is 0 Å². The van der Waals surface area contributed by atoms with E-state index in [0.717, 1.165) is 11.8 Å². The Morgan fingerprint density at radius 3 is 2.13 bits per heavy atom. The molecule has 3 aromatic carbocycles. The molecule has 31 heavy (non-hydrogen) atoms. The second-order valence-corrected chi connectivity index (χ2v) is 9.01.